The zero-order valence-electron chi connectivity index (χ0n) is 16.8. The molecule has 0 fully saturated rings. The van der Waals surface area contributed by atoms with E-state index in [-0.39, 0.29) is 21.0 Å². The van der Waals surface area contributed by atoms with Crippen LogP contribution in [0, 0.1) is 0 Å². The van der Waals surface area contributed by atoms with Crippen molar-refractivity contribution in [3.63, 3.8) is 0 Å². The minimum atomic E-state index is 0. The molecule has 0 saturated heterocycles. The predicted molar refractivity (Wildman–Crippen MR) is 130 cm³/mol. The fourth-order valence-electron chi connectivity index (χ4n) is 3.88. The van der Waals surface area contributed by atoms with Gasteiger partial charge in [-0.15, -0.1) is 0 Å². The SMILES string of the molecule is O=c1cccc2ccc3ccc[nH]c3c12.O=c1cccc2ccc3ccc[nH]c3c12.[Be+2]. The van der Waals surface area contributed by atoms with Crippen molar-refractivity contribution in [2.75, 3.05) is 0 Å². The summed E-state index contributed by atoms with van der Waals surface area (Å²) >= 11 is 0. The molecule has 4 nitrogen and oxygen atoms in total. The summed E-state index contributed by atoms with van der Waals surface area (Å²) in [4.78, 5) is 29.8. The zero-order chi connectivity index (χ0) is 20.5. The van der Waals surface area contributed by atoms with Gasteiger partial charge in [-0.25, -0.2) is 0 Å². The van der Waals surface area contributed by atoms with Gasteiger partial charge in [-0.1, -0.05) is 60.7 Å². The number of pyridine rings is 2. The second-order valence-corrected chi connectivity index (χ2v) is 7.11. The molecule has 0 atom stereocenters. The van der Waals surface area contributed by atoms with Gasteiger partial charge in [0.1, 0.15) is 0 Å². The van der Waals surface area contributed by atoms with Gasteiger partial charge in [0.05, 0.1) is 21.8 Å². The van der Waals surface area contributed by atoms with Gasteiger partial charge in [0.2, 0.25) is 0 Å². The number of benzene rings is 4. The van der Waals surface area contributed by atoms with E-state index in [0.717, 1.165) is 43.4 Å². The summed E-state index contributed by atoms with van der Waals surface area (Å²) in [6, 6.07) is 26.6. The Morgan fingerprint density at radius 1 is 0.452 bits per heavy atom. The molecule has 4 aromatic carbocycles. The molecule has 0 aliphatic heterocycles. The van der Waals surface area contributed by atoms with Crippen LogP contribution >= 0.6 is 0 Å². The maximum absolute atomic E-state index is 11.8. The maximum atomic E-state index is 11.8. The van der Waals surface area contributed by atoms with Crippen molar-refractivity contribution < 1.29 is 0 Å². The Balaban J connectivity index is 0.000000144. The molecule has 0 aliphatic carbocycles. The van der Waals surface area contributed by atoms with Gasteiger partial charge < -0.3 is 9.97 Å². The van der Waals surface area contributed by atoms with Crippen LogP contribution in [0.2, 0.25) is 0 Å². The molecule has 6 rings (SSSR count). The third-order valence-corrected chi connectivity index (χ3v) is 5.28. The molecular formula is C26H18BeN2O2+2. The second-order valence-electron chi connectivity index (χ2n) is 7.11. The zero-order valence-corrected chi connectivity index (χ0v) is 16.8. The van der Waals surface area contributed by atoms with Crippen molar-refractivity contribution in [3.8, 4) is 0 Å². The molecule has 6 aromatic rings. The largest absolute Gasteiger partial charge is 2.00 e. The van der Waals surface area contributed by atoms with E-state index < -0.39 is 0 Å². The van der Waals surface area contributed by atoms with Crippen LogP contribution in [0.25, 0.3) is 43.4 Å². The molecule has 2 aromatic heterocycles. The number of aromatic amines is 2. The number of rotatable bonds is 0. The third-order valence-electron chi connectivity index (χ3n) is 5.28. The average molecular weight is 399 g/mol. The Morgan fingerprint density at radius 3 is 1.29 bits per heavy atom. The van der Waals surface area contributed by atoms with Crippen molar-refractivity contribution in [1.29, 1.82) is 0 Å². The molecule has 0 unspecified atom stereocenters. The van der Waals surface area contributed by atoms with E-state index in [4.69, 9.17) is 0 Å². The van der Waals surface area contributed by atoms with Gasteiger partial charge in [-0.05, 0) is 45.8 Å². The van der Waals surface area contributed by atoms with Crippen LogP contribution in [0.3, 0.4) is 0 Å². The van der Waals surface area contributed by atoms with Crippen LogP contribution in [-0.2, 0) is 0 Å². The topological polar surface area (TPSA) is 65.7 Å². The summed E-state index contributed by atoms with van der Waals surface area (Å²) in [5.41, 5.74) is 1.97. The Labute approximate surface area is 181 Å². The van der Waals surface area contributed by atoms with Gasteiger partial charge in [0.25, 0.3) is 0 Å². The van der Waals surface area contributed by atoms with E-state index in [1.54, 1.807) is 24.3 Å². The summed E-state index contributed by atoms with van der Waals surface area (Å²) in [5, 5.41) is 5.64. The minimum Gasteiger partial charge on any atom is -0.361 e. The number of fused-ring (bicyclic) bond motifs is 6. The Hall–Kier alpha value is -4.01. The molecule has 0 bridgehead atoms. The van der Waals surface area contributed by atoms with E-state index in [1.165, 1.54) is 0 Å². The molecule has 5 heteroatoms. The summed E-state index contributed by atoms with van der Waals surface area (Å²) in [7, 11) is 0. The first-order chi connectivity index (χ1) is 14.7. The van der Waals surface area contributed by atoms with Crippen LogP contribution < -0.4 is 10.9 Å². The van der Waals surface area contributed by atoms with E-state index >= 15 is 0 Å². The molecule has 2 N–H and O–H groups in total. The standard InChI is InChI=1S/2C13H9NO.Be/c2*15-11-5-1-3-9-6-7-10-4-2-8-14-13(10)12(9)11;/h2*1-8,14H;/q;;+2. The first-order valence-electron chi connectivity index (χ1n) is 9.71. The second kappa shape index (κ2) is 8.39. The first-order valence-corrected chi connectivity index (χ1v) is 9.71. The fourth-order valence-corrected chi connectivity index (χ4v) is 3.88. The molecule has 0 radical (unpaired) electrons. The third kappa shape index (κ3) is 3.65. The molecule has 144 valence electrons. The van der Waals surface area contributed by atoms with E-state index in [9.17, 15) is 9.59 Å². The molecule has 0 saturated carbocycles. The molecule has 0 spiro atoms. The van der Waals surface area contributed by atoms with Gasteiger partial charge in [-0.2, -0.15) is 0 Å². The van der Waals surface area contributed by atoms with Crippen molar-refractivity contribution in [2.45, 2.75) is 0 Å². The quantitative estimate of drug-likeness (QED) is 0.279. The van der Waals surface area contributed by atoms with Crippen LogP contribution in [0.15, 0.2) is 107 Å². The molecule has 0 amide bonds. The van der Waals surface area contributed by atoms with E-state index in [2.05, 4.69) is 9.97 Å². The van der Waals surface area contributed by atoms with Crippen molar-refractivity contribution >= 4 is 53.5 Å². The van der Waals surface area contributed by atoms with Gasteiger partial charge in [0, 0.05) is 12.4 Å². The summed E-state index contributed by atoms with van der Waals surface area (Å²) in [6.45, 7) is 0. The molecular weight excluding hydrogens is 381 g/mol. The van der Waals surface area contributed by atoms with Gasteiger partial charge in [-0.3, -0.25) is 9.59 Å². The fraction of sp³-hybridized carbons (Fsp3) is 0. The van der Waals surface area contributed by atoms with Gasteiger partial charge in [0.15, 0.2) is 10.9 Å². The summed E-state index contributed by atoms with van der Waals surface area (Å²) < 4.78 is 0. The Bertz CT molecular complexity index is 1530. The monoisotopic (exact) mass is 399 g/mol. The van der Waals surface area contributed by atoms with Crippen molar-refractivity contribution in [2.24, 2.45) is 0 Å². The van der Waals surface area contributed by atoms with Crippen molar-refractivity contribution in [3.05, 3.63) is 118 Å². The first kappa shape index (κ1) is 20.3. The summed E-state index contributed by atoms with van der Waals surface area (Å²) in [5.74, 6) is 0. The smallest absolute Gasteiger partial charge is 0.361 e. The average Bonchev–Trinajstić information content (AvgIpc) is 2.79. The number of hydrogen-bond acceptors (Lipinski definition) is 2. The normalized spacial score (nSPS) is 10.6. The minimum absolute atomic E-state index is 0. The molecule has 31 heavy (non-hydrogen) atoms. The number of nitrogens with one attached hydrogen (secondary N) is 2. The summed E-state index contributed by atoms with van der Waals surface area (Å²) in [6.07, 6.45) is 3.68. The van der Waals surface area contributed by atoms with Gasteiger partial charge >= 0.3 is 10.1 Å². The molecule has 2 heterocycles. The molecule has 0 aliphatic rings. The van der Waals surface area contributed by atoms with Crippen LogP contribution in [0.5, 0.6) is 0 Å². The van der Waals surface area contributed by atoms with Crippen LogP contribution in [0.4, 0.5) is 0 Å². The van der Waals surface area contributed by atoms with E-state index in [1.807, 2.05) is 73.1 Å². The number of hydrogen-bond donors (Lipinski definition) is 2. The maximum Gasteiger partial charge on any atom is 2.00 e. The van der Waals surface area contributed by atoms with E-state index in [0.29, 0.717) is 0 Å². The Morgan fingerprint density at radius 2 is 0.839 bits per heavy atom. The van der Waals surface area contributed by atoms with Crippen LogP contribution in [0.1, 0.15) is 0 Å². The van der Waals surface area contributed by atoms with Crippen molar-refractivity contribution in [1.82, 2.24) is 9.97 Å². The predicted octanol–water partition coefficient (Wildman–Crippen LogP) is 4.98. The number of aromatic nitrogens is 2. The van der Waals surface area contributed by atoms with Crippen LogP contribution in [-0.4, -0.2) is 20.1 Å². The number of H-pyrrole nitrogens is 2. The Kier molecular flexibility index (Phi) is 5.48.